The minimum Gasteiger partial charge on any atom is -0.497 e. The van der Waals surface area contributed by atoms with Crippen molar-refractivity contribution in [1.82, 2.24) is 0 Å². The van der Waals surface area contributed by atoms with Gasteiger partial charge in [0, 0.05) is 30.9 Å². The summed E-state index contributed by atoms with van der Waals surface area (Å²) in [6.07, 6.45) is 2.08. The van der Waals surface area contributed by atoms with E-state index in [1.54, 1.807) is 12.0 Å². The van der Waals surface area contributed by atoms with Gasteiger partial charge in [0.05, 0.1) is 19.6 Å². The molecule has 2 aliphatic heterocycles. The van der Waals surface area contributed by atoms with Crippen molar-refractivity contribution < 1.29 is 19.1 Å². The number of benzene rings is 2. The molecule has 1 atom stereocenters. The third-order valence-corrected chi connectivity index (χ3v) is 5.60. The lowest BCUT2D eigenvalue weighted by Gasteiger charge is -2.31. The summed E-state index contributed by atoms with van der Waals surface area (Å²) in [4.78, 5) is 29.4. The lowest BCUT2D eigenvalue weighted by Crippen LogP contribution is -2.40. The number of ether oxygens (including phenoxy) is 2. The van der Waals surface area contributed by atoms with E-state index in [9.17, 15) is 9.59 Å². The fourth-order valence-corrected chi connectivity index (χ4v) is 4.16. The topological polar surface area (TPSA) is 59.1 Å². The number of anilines is 2. The van der Waals surface area contributed by atoms with E-state index in [1.165, 1.54) is 0 Å². The SMILES string of the molecule is CCOc1ccc(N2CC(C(=O)N3CCCc4cc(OC)ccc43)CC2=O)cc1. The Morgan fingerprint density at radius 2 is 1.90 bits per heavy atom. The molecule has 152 valence electrons. The lowest BCUT2D eigenvalue weighted by molar-refractivity contribution is -0.124. The number of aryl methyl sites for hydroxylation is 1. The molecule has 6 nitrogen and oxygen atoms in total. The van der Waals surface area contributed by atoms with Gasteiger partial charge in [-0.2, -0.15) is 0 Å². The molecule has 2 aromatic rings. The molecule has 0 N–H and O–H groups in total. The third kappa shape index (κ3) is 3.79. The summed E-state index contributed by atoms with van der Waals surface area (Å²) < 4.78 is 10.8. The van der Waals surface area contributed by atoms with Crippen molar-refractivity contribution in [3.8, 4) is 11.5 Å². The summed E-state index contributed by atoms with van der Waals surface area (Å²) >= 11 is 0. The van der Waals surface area contributed by atoms with E-state index in [-0.39, 0.29) is 24.2 Å². The lowest BCUT2D eigenvalue weighted by atomic mass is 9.98. The van der Waals surface area contributed by atoms with E-state index in [1.807, 2.05) is 54.3 Å². The van der Waals surface area contributed by atoms with Gasteiger partial charge in [0.1, 0.15) is 11.5 Å². The number of methoxy groups -OCH3 is 1. The van der Waals surface area contributed by atoms with E-state index in [4.69, 9.17) is 9.47 Å². The zero-order chi connectivity index (χ0) is 20.4. The van der Waals surface area contributed by atoms with Crippen molar-refractivity contribution in [2.24, 2.45) is 5.92 Å². The predicted molar refractivity (Wildman–Crippen MR) is 112 cm³/mol. The number of carbonyl (C=O) groups is 2. The van der Waals surface area contributed by atoms with E-state index in [0.717, 1.165) is 41.3 Å². The third-order valence-electron chi connectivity index (χ3n) is 5.60. The van der Waals surface area contributed by atoms with Crippen LogP contribution in [-0.4, -0.2) is 38.6 Å². The Labute approximate surface area is 171 Å². The maximum absolute atomic E-state index is 13.3. The van der Waals surface area contributed by atoms with Gasteiger partial charge in [-0.3, -0.25) is 9.59 Å². The average Bonchev–Trinajstić information content (AvgIpc) is 3.14. The number of nitrogens with zero attached hydrogens (tertiary/aromatic N) is 2. The van der Waals surface area contributed by atoms with Gasteiger partial charge in [-0.05, 0) is 67.8 Å². The van der Waals surface area contributed by atoms with Gasteiger partial charge in [-0.1, -0.05) is 0 Å². The minimum absolute atomic E-state index is 0.0144. The van der Waals surface area contributed by atoms with Crippen molar-refractivity contribution in [1.29, 1.82) is 0 Å². The van der Waals surface area contributed by atoms with Gasteiger partial charge in [-0.15, -0.1) is 0 Å². The van der Waals surface area contributed by atoms with E-state index in [2.05, 4.69) is 0 Å². The molecule has 4 rings (SSSR count). The molecule has 6 heteroatoms. The molecule has 1 saturated heterocycles. The molecule has 0 radical (unpaired) electrons. The standard InChI is InChI=1S/C23H26N2O4/c1-3-29-19-8-6-18(7-9-19)25-15-17(14-22(25)26)23(27)24-12-4-5-16-13-20(28-2)10-11-21(16)24/h6-11,13,17H,3-5,12,14-15H2,1-2H3. The summed E-state index contributed by atoms with van der Waals surface area (Å²) in [5.74, 6) is 1.26. The zero-order valence-corrected chi connectivity index (χ0v) is 16.9. The van der Waals surface area contributed by atoms with Crippen molar-refractivity contribution in [2.45, 2.75) is 26.2 Å². The zero-order valence-electron chi connectivity index (χ0n) is 16.9. The van der Waals surface area contributed by atoms with Crippen LogP contribution in [0.2, 0.25) is 0 Å². The second-order valence-corrected chi connectivity index (χ2v) is 7.42. The average molecular weight is 394 g/mol. The molecule has 0 bridgehead atoms. The fourth-order valence-electron chi connectivity index (χ4n) is 4.16. The van der Waals surface area contributed by atoms with Crippen molar-refractivity contribution in [3.05, 3.63) is 48.0 Å². The smallest absolute Gasteiger partial charge is 0.232 e. The molecule has 2 amide bonds. The van der Waals surface area contributed by atoms with Crippen LogP contribution >= 0.6 is 0 Å². The molecule has 0 saturated carbocycles. The van der Waals surface area contributed by atoms with Gasteiger partial charge in [0.15, 0.2) is 0 Å². The van der Waals surface area contributed by atoms with Gasteiger partial charge < -0.3 is 19.3 Å². The molecule has 29 heavy (non-hydrogen) atoms. The first-order valence-electron chi connectivity index (χ1n) is 10.1. The van der Waals surface area contributed by atoms with Crippen LogP contribution < -0.4 is 19.3 Å². The number of fused-ring (bicyclic) bond motifs is 1. The number of carbonyl (C=O) groups excluding carboxylic acids is 2. The highest BCUT2D eigenvalue weighted by Gasteiger charge is 2.38. The Morgan fingerprint density at radius 1 is 1.14 bits per heavy atom. The Bertz CT molecular complexity index is 910. The molecule has 0 spiro atoms. The molecule has 2 aromatic carbocycles. The van der Waals surface area contributed by atoms with Gasteiger partial charge in [0.25, 0.3) is 0 Å². The van der Waals surface area contributed by atoms with Crippen LogP contribution in [0.3, 0.4) is 0 Å². The summed E-state index contributed by atoms with van der Waals surface area (Å²) in [7, 11) is 1.65. The first-order valence-corrected chi connectivity index (χ1v) is 10.1. The van der Waals surface area contributed by atoms with E-state index in [0.29, 0.717) is 19.7 Å². The molecule has 1 unspecified atom stereocenters. The Balaban J connectivity index is 1.50. The monoisotopic (exact) mass is 394 g/mol. The van der Waals surface area contributed by atoms with E-state index >= 15 is 0 Å². The number of amides is 2. The molecule has 2 heterocycles. The fraction of sp³-hybridized carbons (Fsp3) is 0.391. The van der Waals surface area contributed by atoms with Crippen LogP contribution in [-0.2, 0) is 16.0 Å². The second-order valence-electron chi connectivity index (χ2n) is 7.42. The van der Waals surface area contributed by atoms with Crippen LogP contribution in [0, 0.1) is 5.92 Å². The number of rotatable bonds is 5. The Hall–Kier alpha value is -3.02. The first kappa shape index (κ1) is 19.3. The van der Waals surface area contributed by atoms with Crippen LogP contribution in [0.1, 0.15) is 25.3 Å². The highest BCUT2D eigenvalue weighted by atomic mass is 16.5. The number of hydrogen-bond acceptors (Lipinski definition) is 4. The number of hydrogen-bond donors (Lipinski definition) is 0. The van der Waals surface area contributed by atoms with Crippen LogP contribution in [0.4, 0.5) is 11.4 Å². The van der Waals surface area contributed by atoms with E-state index < -0.39 is 0 Å². The highest BCUT2D eigenvalue weighted by Crippen LogP contribution is 2.34. The molecule has 0 aromatic heterocycles. The van der Waals surface area contributed by atoms with Gasteiger partial charge in [0.2, 0.25) is 11.8 Å². The maximum atomic E-state index is 13.3. The van der Waals surface area contributed by atoms with Crippen molar-refractivity contribution in [2.75, 3.05) is 36.6 Å². The first-order chi connectivity index (χ1) is 14.1. The van der Waals surface area contributed by atoms with Gasteiger partial charge in [-0.25, -0.2) is 0 Å². The largest absolute Gasteiger partial charge is 0.497 e. The molecule has 2 aliphatic rings. The summed E-state index contributed by atoms with van der Waals surface area (Å²) in [6, 6.07) is 13.3. The normalized spacial score (nSPS) is 18.6. The second kappa shape index (κ2) is 8.15. The predicted octanol–water partition coefficient (Wildman–Crippen LogP) is 3.43. The maximum Gasteiger partial charge on any atom is 0.232 e. The highest BCUT2D eigenvalue weighted by molar-refractivity contribution is 6.04. The Kier molecular flexibility index (Phi) is 5.43. The van der Waals surface area contributed by atoms with Crippen LogP contribution in [0.5, 0.6) is 11.5 Å². The van der Waals surface area contributed by atoms with Crippen molar-refractivity contribution in [3.63, 3.8) is 0 Å². The molecular formula is C23H26N2O4. The van der Waals surface area contributed by atoms with Crippen molar-refractivity contribution >= 4 is 23.2 Å². The Morgan fingerprint density at radius 3 is 2.62 bits per heavy atom. The quantitative estimate of drug-likeness (QED) is 0.780. The summed E-state index contributed by atoms with van der Waals surface area (Å²) in [5.41, 5.74) is 2.86. The van der Waals surface area contributed by atoms with Gasteiger partial charge >= 0.3 is 0 Å². The summed E-state index contributed by atoms with van der Waals surface area (Å²) in [6.45, 7) is 3.63. The molecule has 0 aliphatic carbocycles. The van der Waals surface area contributed by atoms with Crippen LogP contribution in [0.25, 0.3) is 0 Å². The molecule has 1 fully saturated rings. The minimum atomic E-state index is -0.331. The molecular weight excluding hydrogens is 368 g/mol. The summed E-state index contributed by atoms with van der Waals surface area (Å²) in [5, 5.41) is 0. The van der Waals surface area contributed by atoms with Crippen LogP contribution in [0.15, 0.2) is 42.5 Å².